The number of fused-ring (bicyclic) bond motifs is 1. The van der Waals surface area contributed by atoms with Crippen molar-refractivity contribution >= 4 is 5.69 Å². The average molecular weight is 223 g/mol. The van der Waals surface area contributed by atoms with E-state index >= 15 is 0 Å². The van der Waals surface area contributed by atoms with Crippen LogP contribution in [0.3, 0.4) is 0 Å². The predicted molar refractivity (Wildman–Crippen MR) is 73.4 cm³/mol. The third-order valence-electron chi connectivity index (χ3n) is 3.42. The summed E-state index contributed by atoms with van der Waals surface area (Å²) in [6.45, 7) is 3.25. The highest BCUT2D eigenvalue weighted by Crippen LogP contribution is 2.32. The van der Waals surface area contributed by atoms with E-state index in [1.54, 1.807) is 0 Å². The molecule has 0 unspecified atom stereocenters. The van der Waals surface area contributed by atoms with Gasteiger partial charge in [-0.1, -0.05) is 42.0 Å². The summed E-state index contributed by atoms with van der Waals surface area (Å²) in [4.78, 5) is 0. The minimum Gasteiger partial charge on any atom is -0.385 e. The highest BCUT2D eigenvalue weighted by atomic mass is 14.9. The molecule has 1 heteroatoms. The first-order valence-corrected chi connectivity index (χ1v) is 6.27. The Morgan fingerprint density at radius 3 is 2.82 bits per heavy atom. The molecule has 0 radical (unpaired) electrons. The maximum atomic E-state index is 3.49. The number of hydrogen-bond acceptors (Lipinski definition) is 1. The van der Waals surface area contributed by atoms with E-state index in [0.29, 0.717) is 0 Å². The zero-order chi connectivity index (χ0) is 11.7. The Bertz CT molecular complexity index is 543. The van der Waals surface area contributed by atoms with Gasteiger partial charge in [0.25, 0.3) is 0 Å². The Hall–Kier alpha value is -1.76. The van der Waals surface area contributed by atoms with Crippen LogP contribution in [-0.2, 0) is 6.42 Å². The van der Waals surface area contributed by atoms with Gasteiger partial charge in [-0.2, -0.15) is 0 Å². The minimum atomic E-state index is 1.10. The lowest BCUT2D eigenvalue weighted by atomic mass is 9.92. The van der Waals surface area contributed by atoms with Gasteiger partial charge in [0, 0.05) is 12.2 Å². The maximum absolute atomic E-state index is 3.49. The number of rotatable bonds is 1. The molecule has 3 rings (SSSR count). The Kier molecular flexibility index (Phi) is 2.60. The molecular weight excluding hydrogens is 206 g/mol. The molecule has 1 aliphatic rings. The number of aryl methyl sites for hydroxylation is 1. The molecule has 86 valence electrons. The van der Waals surface area contributed by atoms with Crippen molar-refractivity contribution in [3.8, 4) is 11.1 Å². The van der Waals surface area contributed by atoms with Crippen molar-refractivity contribution in [3.05, 3.63) is 53.6 Å². The fraction of sp³-hybridized carbons (Fsp3) is 0.250. The fourth-order valence-corrected chi connectivity index (χ4v) is 2.59. The molecule has 2 aromatic carbocycles. The third-order valence-corrected chi connectivity index (χ3v) is 3.42. The Balaban J connectivity index is 2.14. The van der Waals surface area contributed by atoms with Crippen LogP contribution in [0.4, 0.5) is 5.69 Å². The normalized spacial score (nSPS) is 13.9. The van der Waals surface area contributed by atoms with E-state index in [2.05, 4.69) is 54.7 Å². The Morgan fingerprint density at radius 2 is 1.94 bits per heavy atom. The summed E-state index contributed by atoms with van der Waals surface area (Å²) in [6.07, 6.45) is 2.42. The van der Waals surface area contributed by atoms with E-state index in [9.17, 15) is 0 Å². The van der Waals surface area contributed by atoms with Crippen LogP contribution in [-0.4, -0.2) is 6.54 Å². The van der Waals surface area contributed by atoms with Gasteiger partial charge in [0.1, 0.15) is 0 Å². The summed E-state index contributed by atoms with van der Waals surface area (Å²) in [6, 6.07) is 15.3. The second-order valence-electron chi connectivity index (χ2n) is 4.73. The highest BCUT2D eigenvalue weighted by Gasteiger charge is 2.13. The molecule has 1 heterocycles. The summed E-state index contributed by atoms with van der Waals surface area (Å²) >= 11 is 0. The second-order valence-corrected chi connectivity index (χ2v) is 4.73. The van der Waals surface area contributed by atoms with Crippen molar-refractivity contribution in [1.82, 2.24) is 0 Å². The first kappa shape index (κ1) is 10.4. The van der Waals surface area contributed by atoms with E-state index in [-0.39, 0.29) is 0 Å². The first-order chi connectivity index (χ1) is 8.34. The van der Waals surface area contributed by atoms with Gasteiger partial charge in [0.15, 0.2) is 0 Å². The molecule has 0 atom stereocenters. The summed E-state index contributed by atoms with van der Waals surface area (Å²) in [5.74, 6) is 0. The summed E-state index contributed by atoms with van der Waals surface area (Å²) in [7, 11) is 0. The molecule has 0 fully saturated rings. The predicted octanol–water partition coefficient (Wildman–Crippen LogP) is 4.02. The van der Waals surface area contributed by atoms with Crippen molar-refractivity contribution in [2.75, 3.05) is 11.9 Å². The van der Waals surface area contributed by atoms with Gasteiger partial charge in [-0.05, 0) is 42.5 Å². The zero-order valence-electron chi connectivity index (χ0n) is 10.2. The largest absolute Gasteiger partial charge is 0.385 e. The number of hydrogen-bond donors (Lipinski definition) is 1. The zero-order valence-corrected chi connectivity index (χ0v) is 10.2. The van der Waals surface area contributed by atoms with Crippen LogP contribution in [0.15, 0.2) is 42.5 Å². The van der Waals surface area contributed by atoms with Gasteiger partial charge < -0.3 is 5.32 Å². The van der Waals surface area contributed by atoms with Crippen molar-refractivity contribution in [1.29, 1.82) is 0 Å². The lowest BCUT2D eigenvalue weighted by molar-refractivity contribution is 0.832. The topological polar surface area (TPSA) is 12.0 Å². The Morgan fingerprint density at radius 1 is 1.06 bits per heavy atom. The van der Waals surface area contributed by atoms with Gasteiger partial charge in [0.2, 0.25) is 0 Å². The standard InChI is InChI=1S/C16H17N/c1-12-5-2-6-13(11-12)14-7-3-9-16-15(14)8-4-10-17-16/h2-3,5-7,9,11,17H,4,8,10H2,1H3. The van der Waals surface area contributed by atoms with E-state index < -0.39 is 0 Å². The quantitative estimate of drug-likeness (QED) is 0.770. The molecule has 0 aromatic heterocycles. The molecule has 2 aromatic rings. The molecule has 1 nitrogen and oxygen atoms in total. The first-order valence-electron chi connectivity index (χ1n) is 6.27. The molecule has 1 aliphatic heterocycles. The van der Waals surface area contributed by atoms with Gasteiger partial charge in [-0.25, -0.2) is 0 Å². The Labute approximate surface area is 102 Å². The average Bonchev–Trinajstić information content (AvgIpc) is 2.38. The molecule has 0 spiro atoms. The third kappa shape index (κ3) is 1.93. The molecule has 1 N–H and O–H groups in total. The van der Waals surface area contributed by atoms with E-state index in [1.165, 1.54) is 40.8 Å². The lowest BCUT2D eigenvalue weighted by Gasteiger charge is -2.21. The van der Waals surface area contributed by atoms with Crippen molar-refractivity contribution in [2.45, 2.75) is 19.8 Å². The summed E-state index contributed by atoms with van der Waals surface area (Å²) in [5.41, 5.74) is 6.84. The van der Waals surface area contributed by atoms with Crippen LogP contribution < -0.4 is 5.32 Å². The smallest absolute Gasteiger partial charge is 0.0378 e. The van der Waals surface area contributed by atoms with E-state index in [4.69, 9.17) is 0 Å². The molecule has 0 bridgehead atoms. The van der Waals surface area contributed by atoms with Crippen LogP contribution in [0.1, 0.15) is 17.5 Å². The van der Waals surface area contributed by atoms with Gasteiger partial charge in [-0.15, -0.1) is 0 Å². The van der Waals surface area contributed by atoms with Crippen LogP contribution in [0.25, 0.3) is 11.1 Å². The monoisotopic (exact) mass is 223 g/mol. The second kappa shape index (κ2) is 4.25. The van der Waals surface area contributed by atoms with Crippen LogP contribution >= 0.6 is 0 Å². The molecule has 0 saturated heterocycles. The molecular formula is C16H17N. The maximum Gasteiger partial charge on any atom is 0.0378 e. The van der Waals surface area contributed by atoms with Gasteiger partial charge >= 0.3 is 0 Å². The lowest BCUT2D eigenvalue weighted by Crippen LogP contribution is -2.12. The SMILES string of the molecule is Cc1cccc(-c2cccc3c2CCCN3)c1. The highest BCUT2D eigenvalue weighted by molar-refractivity contribution is 5.75. The summed E-state index contributed by atoms with van der Waals surface area (Å²) in [5, 5.41) is 3.49. The van der Waals surface area contributed by atoms with Crippen molar-refractivity contribution < 1.29 is 0 Å². The van der Waals surface area contributed by atoms with E-state index in [0.717, 1.165) is 6.54 Å². The van der Waals surface area contributed by atoms with Crippen molar-refractivity contribution in [3.63, 3.8) is 0 Å². The molecule has 0 amide bonds. The minimum absolute atomic E-state index is 1.10. The molecule has 17 heavy (non-hydrogen) atoms. The van der Waals surface area contributed by atoms with Crippen LogP contribution in [0.5, 0.6) is 0 Å². The number of benzene rings is 2. The van der Waals surface area contributed by atoms with Gasteiger partial charge in [0.05, 0.1) is 0 Å². The van der Waals surface area contributed by atoms with Crippen LogP contribution in [0, 0.1) is 6.92 Å². The fourth-order valence-electron chi connectivity index (χ4n) is 2.59. The molecule has 0 saturated carbocycles. The van der Waals surface area contributed by atoms with Gasteiger partial charge in [-0.3, -0.25) is 0 Å². The van der Waals surface area contributed by atoms with E-state index in [1.807, 2.05) is 0 Å². The van der Waals surface area contributed by atoms with Crippen LogP contribution in [0.2, 0.25) is 0 Å². The molecule has 0 aliphatic carbocycles. The van der Waals surface area contributed by atoms with Crippen molar-refractivity contribution in [2.24, 2.45) is 0 Å². The number of anilines is 1. The summed E-state index contributed by atoms with van der Waals surface area (Å²) < 4.78 is 0. The number of nitrogens with one attached hydrogen (secondary N) is 1.